The Balaban J connectivity index is 2.21. The van der Waals surface area contributed by atoms with E-state index in [0.717, 1.165) is 11.8 Å². The van der Waals surface area contributed by atoms with E-state index in [1.807, 2.05) is 0 Å². The van der Waals surface area contributed by atoms with Gasteiger partial charge in [-0.25, -0.2) is 9.37 Å². The minimum Gasteiger partial charge on any atom is -0.434 e. The Labute approximate surface area is 117 Å². The molecule has 0 atom stereocenters. The van der Waals surface area contributed by atoms with Gasteiger partial charge in [0.15, 0.2) is 11.6 Å². The summed E-state index contributed by atoms with van der Waals surface area (Å²) in [5.41, 5.74) is 0.718. The fourth-order valence-corrected chi connectivity index (χ4v) is 1.80. The molecule has 1 N–H and O–H groups in total. The van der Waals surface area contributed by atoms with Gasteiger partial charge in [-0.05, 0) is 19.2 Å². The van der Waals surface area contributed by atoms with Crippen molar-refractivity contribution < 1.29 is 13.5 Å². The molecule has 2 rings (SSSR count). The molecule has 0 saturated carbocycles. The Morgan fingerprint density at radius 3 is 2.68 bits per heavy atom. The molecule has 0 saturated heterocycles. The Morgan fingerprint density at radius 2 is 2.05 bits per heavy atom. The highest BCUT2D eigenvalue weighted by Gasteiger charge is 2.12. The number of nitrogens with one attached hydrogen (secondary N) is 1. The van der Waals surface area contributed by atoms with Gasteiger partial charge >= 0.3 is 0 Å². The van der Waals surface area contributed by atoms with Crippen molar-refractivity contribution in [3.8, 4) is 11.6 Å². The zero-order valence-electron chi connectivity index (χ0n) is 9.95. The summed E-state index contributed by atoms with van der Waals surface area (Å²) >= 11 is 3.06. The maximum Gasteiger partial charge on any atom is 0.237 e. The molecule has 7 heteroatoms. The van der Waals surface area contributed by atoms with E-state index < -0.39 is 11.6 Å². The van der Waals surface area contributed by atoms with Crippen LogP contribution in [0.15, 0.2) is 29.0 Å². The van der Waals surface area contributed by atoms with Gasteiger partial charge in [0.2, 0.25) is 11.7 Å². The number of halogens is 3. The van der Waals surface area contributed by atoms with Gasteiger partial charge in [-0.1, -0.05) is 15.9 Å². The second-order valence-corrected chi connectivity index (χ2v) is 4.59. The quantitative estimate of drug-likeness (QED) is 0.876. The fourth-order valence-electron chi connectivity index (χ4n) is 1.39. The van der Waals surface area contributed by atoms with Gasteiger partial charge in [0.1, 0.15) is 0 Å². The van der Waals surface area contributed by atoms with Crippen LogP contribution in [0.2, 0.25) is 0 Å². The molecule has 0 aliphatic heterocycles. The van der Waals surface area contributed by atoms with Gasteiger partial charge < -0.3 is 10.1 Å². The minimum atomic E-state index is -1.07. The van der Waals surface area contributed by atoms with Crippen molar-refractivity contribution in [1.82, 2.24) is 15.3 Å². The summed E-state index contributed by atoms with van der Waals surface area (Å²) in [6.45, 7) is 0.563. The fraction of sp³-hybridized carbons (Fsp3) is 0.167. The number of nitrogens with zero attached hydrogens (tertiary/aromatic N) is 2. The molecule has 100 valence electrons. The van der Waals surface area contributed by atoms with Crippen LogP contribution in [0.25, 0.3) is 0 Å². The summed E-state index contributed by atoms with van der Waals surface area (Å²) in [5.74, 6) is -2.22. The average Bonchev–Trinajstić information content (AvgIpc) is 2.38. The zero-order chi connectivity index (χ0) is 13.8. The summed E-state index contributed by atoms with van der Waals surface area (Å²) < 4.78 is 32.2. The van der Waals surface area contributed by atoms with Crippen LogP contribution in [0.5, 0.6) is 11.6 Å². The maximum atomic E-state index is 13.5. The first-order chi connectivity index (χ1) is 9.10. The van der Waals surface area contributed by atoms with Crippen LogP contribution in [-0.2, 0) is 6.54 Å². The molecule has 0 radical (unpaired) electrons. The normalized spacial score (nSPS) is 10.5. The monoisotopic (exact) mass is 329 g/mol. The van der Waals surface area contributed by atoms with Crippen molar-refractivity contribution in [2.24, 2.45) is 0 Å². The number of aromatic nitrogens is 2. The first-order valence-electron chi connectivity index (χ1n) is 5.38. The first-order valence-corrected chi connectivity index (χ1v) is 6.17. The van der Waals surface area contributed by atoms with E-state index in [9.17, 15) is 8.78 Å². The third-order valence-electron chi connectivity index (χ3n) is 2.21. The van der Waals surface area contributed by atoms with Crippen LogP contribution >= 0.6 is 15.9 Å². The second-order valence-electron chi connectivity index (χ2n) is 3.68. The number of hydrogen-bond donors (Lipinski definition) is 1. The van der Waals surface area contributed by atoms with Crippen LogP contribution in [0.4, 0.5) is 8.78 Å². The summed E-state index contributed by atoms with van der Waals surface area (Å²) in [7, 11) is 1.78. The highest BCUT2D eigenvalue weighted by molar-refractivity contribution is 9.10. The third-order valence-corrected chi connectivity index (χ3v) is 2.67. The maximum absolute atomic E-state index is 13.5. The minimum absolute atomic E-state index is 0.0938. The van der Waals surface area contributed by atoms with Crippen LogP contribution in [0, 0.1) is 11.6 Å². The average molecular weight is 330 g/mol. The van der Waals surface area contributed by atoms with Crippen LogP contribution in [0.1, 0.15) is 5.69 Å². The largest absolute Gasteiger partial charge is 0.434 e. The summed E-state index contributed by atoms with van der Waals surface area (Å²) in [4.78, 5) is 8.03. The highest BCUT2D eigenvalue weighted by atomic mass is 79.9. The lowest BCUT2D eigenvalue weighted by Crippen LogP contribution is -2.07. The predicted octanol–water partition coefficient (Wildman–Crippen LogP) is 3.03. The third kappa shape index (κ3) is 3.45. The molecule has 0 unspecified atom stereocenters. The van der Waals surface area contributed by atoms with E-state index in [2.05, 4.69) is 31.2 Å². The Morgan fingerprint density at radius 1 is 1.26 bits per heavy atom. The Hall–Kier alpha value is -1.60. The lowest BCUT2D eigenvalue weighted by molar-refractivity contribution is 0.403. The van der Waals surface area contributed by atoms with Gasteiger partial charge in [-0.15, -0.1) is 0 Å². The molecular formula is C12H10BrF2N3O. The van der Waals surface area contributed by atoms with E-state index in [4.69, 9.17) is 4.74 Å². The van der Waals surface area contributed by atoms with Gasteiger partial charge in [-0.2, -0.15) is 4.39 Å². The molecule has 1 heterocycles. The highest BCUT2D eigenvalue weighted by Crippen LogP contribution is 2.28. The van der Waals surface area contributed by atoms with Crippen molar-refractivity contribution in [3.63, 3.8) is 0 Å². The standard InChI is InChI=1S/C12H10BrF2N3O/c1-16-4-8-5-18-11(6-17-8)19-10-3-7(13)2-9(14)12(10)15/h2-3,5-6,16H,4H2,1H3. The molecule has 2 aromatic rings. The van der Waals surface area contributed by atoms with Gasteiger partial charge in [0.25, 0.3) is 0 Å². The first kappa shape index (κ1) is 13.8. The van der Waals surface area contributed by atoms with Gasteiger partial charge in [0.05, 0.1) is 18.1 Å². The van der Waals surface area contributed by atoms with E-state index in [-0.39, 0.29) is 11.6 Å². The number of ether oxygens (including phenoxy) is 1. The lowest BCUT2D eigenvalue weighted by Gasteiger charge is -2.07. The van der Waals surface area contributed by atoms with Crippen LogP contribution in [0.3, 0.4) is 0 Å². The summed E-state index contributed by atoms with van der Waals surface area (Å²) in [6.07, 6.45) is 2.85. The number of rotatable bonds is 4. The summed E-state index contributed by atoms with van der Waals surface area (Å²) in [5, 5.41) is 2.92. The molecule has 0 aliphatic carbocycles. The molecule has 1 aromatic heterocycles. The molecule has 0 spiro atoms. The predicted molar refractivity (Wildman–Crippen MR) is 68.9 cm³/mol. The number of hydrogen-bond acceptors (Lipinski definition) is 4. The molecule has 0 fully saturated rings. The summed E-state index contributed by atoms with van der Waals surface area (Å²) in [6, 6.07) is 2.34. The Bertz CT molecular complexity index is 578. The van der Waals surface area contributed by atoms with Gasteiger partial charge in [0, 0.05) is 11.0 Å². The second kappa shape index (κ2) is 6.03. The molecule has 1 aromatic carbocycles. The molecule has 19 heavy (non-hydrogen) atoms. The SMILES string of the molecule is CNCc1cnc(Oc2cc(Br)cc(F)c2F)cn1. The van der Waals surface area contributed by atoms with E-state index >= 15 is 0 Å². The van der Waals surface area contributed by atoms with Crippen molar-refractivity contribution in [1.29, 1.82) is 0 Å². The number of benzene rings is 1. The van der Waals surface area contributed by atoms with Crippen molar-refractivity contribution >= 4 is 15.9 Å². The molecule has 4 nitrogen and oxygen atoms in total. The molecule has 0 amide bonds. The van der Waals surface area contributed by atoms with Crippen molar-refractivity contribution in [2.75, 3.05) is 7.05 Å². The van der Waals surface area contributed by atoms with E-state index in [1.165, 1.54) is 18.5 Å². The van der Waals surface area contributed by atoms with Crippen LogP contribution in [-0.4, -0.2) is 17.0 Å². The molecular weight excluding hydrogens is 320 g/mol. The van der Waals surface area contributed by atoms with Crippen molar-refractivity contribution in [3.05, 3.63) is 46.3 Å². The van der Waals surface area contributed by atoms with Crippen LogP contribution < -0.4 is 10.1 Å². The topological polar surface area (TPSA) is 47.0 Å². The molecule has 0 bridgehead atoms. The Kier molecular flexibility index (Phi) is 4.39. The van der Waals surface area contributed by atoms with E-state index in [0.29, 0.717) is 11.0 Å². The molecule has 0 aliphatic rings. The zero-order valence-corrected chi connectivity index (χ0v) is 11.5. The van der Waals surface area contributed by atoms with Gasteiger partial charge in [-0.3, -0.25) is 4.98 Å². The van der Waals surface area contributed by atoms with Crippen molar-refractivity contribution in [2.45, 2.75) is 6.54 Å². The van der Waals surface area contributed by atoms with E-state index in [1.54, 1.807) is 7.05 Å². The lowest BCUT2D eigenvalue weighted by atomic mass is 10.3. The smallest absolute Gasteiger partial charge is 0.237 e.